The van der Waals surface area contributed by atoms with Crippen LogP contribution in [-0.2, 0) is 17.8 Å². The number of allylic oxidation sites excluding steroid dienone is 1. The molecule has 0 spiro atoms. The van der Waals surface area contributed by atoms with Crippen LogP contribution in [0.3, 0.4) is 0 Å². The van der Waals surface area contributed by atoms with Gasteiger partial charge in [-0.1, -0.05) is 23.7 Å². The summed E-state index contributed by atoms with van der Waals surface area (Å²) in [7, 11) is 0. The van der Waals surface area contributed by atoms with E-state index in [2.05, 4.69) is 40.4 Å². The van der Waals surface area contributed by atoms with Gasteiger partial charge in [0.15, 0.2) is 11.6 Å². The maximum Gasteiger partial charge on any atom is 0.224 e. The van der Waals surface area contributed by atoms with E-state index < -0.39 is 5.82 Å². The first-order valence-electron chi connectivity index (χ1n) is 11.6. The van der Waals surface area contributed by atoms with Crippen molar-refractivity contribution in [2.24, 2.45) is 0 Å². The molecule has 36 heavy (non-hydrogen) atoms. The lowest BCUT2D eigenvalue weighted by Crippen LogP contribution is -2.43. The number of hydrogen-bond acceptors (Lipinski definition) is 6. The molecule has 1 aromatic heterocycles. The molecule has 7 nitrogen and oxygen atoms in total. The van der Waals surface area contributed by atoms with Gasteiger partial charge in [0.2, 0.25) is 5.91 Å². The van der Waals surface area contributed by atoms with Crippen LogP contribution in [0.25, 0.3) is 6.08 Å². The average Bonchev–Trinajstić information content (AvgIpc) is 3.30. The first-order valence-corrected chi connectivity index (χ1v) is 12.0. The van der Waals surface area contributed by atoms with Crippen LogP contribution in [0.5, 0.6) is 11.5 Å². The van der Waals surface area contributed by atoms with Gasteiger partial charge in [-0.05, 0) is 53.8 Å². The predicted octanol–water partition coefficient (Wildman–Crippen LogP) is 5.44. The minimum absolute atomic E-state index is 0.0445. The third-order valence-corrected chi connectivity index (χ3v) is 6.87. The molecule has 2 aromatic carbocycles. The number of fused-ring (bicyclic) bond motifs is 1. The van der Waals surface area contributed by atoms with Crippen molar-refractivity contribution in [1.29, 1.82) is 5.26 Å². The van der Waals surface area contributed by atoms with Crippen molar-refractivity contribution in [2.45, 2.75) is 38.8 Å². The van der Waals surface area contributed by atoms with Crippen LogP contribution in [0, 0.1) is 24.1 Å². The highest BCUT2D eigenvalue weighted by atomic mass is 35.5. The van der Waals surface area contributed by atoms with Gasteiger partial charge in [-0.15, -0.1) is 0 Å². The molecule has 1 unspecified atom stereocenters. The molecule has 2 aliphatic rings. The molecule has 1 atom stereocenters. The number of amides is 1. The fraction of sp³-hybridized carbons (Fsp3) is 0.259. The van der Waals surface area contributed by atoms with E-state index in [0.717, 1.165) is 34.2 Å². The highest BCUT2D eigenvalue weighted by Crippen LogP contribution is 2.32. The number of rotatable bonds is 6. The number of nitrogens with one attached hydrogen (secondary N) is 1. The van der Waals surface area contributed by atoms with Gasteiger partial charge in [0, 0.05) is 43.6 Å². The third-order valence-electron chi connectivity index (χ3n) is 6.58. The molecule has 0 saturated carbocycles. The molecule has 0 radical (unpaired) electrons. The molecule has 182 valence electrons. The number of aromatic nitrogens is 2. The van der Waals surface area contributed by atoms with Gasteiger partial charge in [0.25, 0.3) is 0 Å². The number of nitrogens with zero attached hydrogens (tertiary/aromatic N) is 4. The van der Waals surface area contributed by atoms with E-state index in [0.29, 0.717) is 43.2 Å². The number of nitriles is 1. The Hall–Kier alpha value is -3.96. The second kappa shape index (κ2) is 9.96. The molecule has 2 heterocycles. The first kappa shape index (κ1) is 23.8. The Kier molecular flexibility index (Phi) is 6.57. The predicted molar refractivity (Wildman–Crippen MR) is 134 cm³/mol. The van der Waals surface area contributed by atoms with Gasteiger partial charge >= 0.3 is 0 Å². The monoisotopic (exact) mass is 503 g/mol. The summed E-state index contributed by atoms with van der Waals surface area (Å²) in [5.74, 6) is 0.676. The van der Waals surface area contributed by atoms with Gasteiger partial charge in [-0.25, -0.2) is 14.4 Å². The van der Waals surface area contributed by atoms with Crippen molar-refractivity contribution >= 4 is 29.4 Å². The second-order valence-electron chi connectivity index (χ2n) is 8.94. The lowest BCUT2D eigenvalue weighted by atomic mass is 9.97. The summed E-state index contributed by atoms with van der Waals surface area (Å²) in [6.45, 7) is 3.18. The minimum atomic E-state index is -0.532. The number of hydrogen-bond donors (Lipinski definition) is 1. The van der Waals surface area contributed by atoms with Crippen molar-refractivity contribution in [2.75, 3.05) is 11.9 Å². The van der Waals surface area contributed by atoms with E-state index in [-0.39, 0.29) is 17.0 Å². The molecule has 5 rings (SSSR count). The molecule has 1 saturated heterocycles. The summed E-state index contributed by atoms with van der Waals surface area (Å²) >= 11 is 5.85. The number of halogens is 2. The van der Waals surface area contributed by atoms with E-state index in [1.165, 1.54) is 30.7 Å². The lowest BCUT2D eigenvalue weighted by Gasteiger charge is -2.33. The third kappa shape index (κ3) is 4.88. The number of benzene rings is 2. The molecule has 1 N–H and O–H groups in total. The number of carbonyl (C=O) groups excluding carboxylic acids is 1. The fourth-order valence-electron chi connectivity index (χ4n) is 4.59. The van der Waals surface area contributed by atoms with Crippen LogP contribution >= 0.6 is 11.6 Å². The Balaban J connectivity index is 1.24. The summed E-state index contributed by atoms with van der Waals surface area (Å²) in [5, 5.41) is 12.5. The van der Waals surface area contributed by atoms with Crippen molar-refractivity contribution in [1.82, 2.24) is 14.9 Å². The van der Waals surface area contributed by atoms with E-state index in [1.807, 2.05) is 11.0 Å². The van der Waals surface area contributed by atoms with Gasteiger partial charge in [0.05, 0.1) is 17.3 Å². The number of carbonyl (C=O) groups is 1. The zero-order valence-electron chi connectivity index (χ0n) is 19.6. The number of ether oxygens (including phenoxy) is 1. The summed E-state index contributed by atoms with van der Waals surface area (Å²) in [6.07, 6.45) is 6.58. The molecule has 1 aliphatic carbocycles. The van der Waals surface area contributed by atoms with Crippen molar-refractivity contribution in [3.8, 4) is 17.6 Å². The zero-order valence-corrected chi connectivity index (χ0v) is 20.3. The van der Waals surface area contributed by atoms with Crippen LogP contribution in [0.1, 0.15) is 35.1 Å². The smallest absolute Gasteiger partial charge is 0.224 e. The van der Waals surface area contributed by atoms with Gasteiger partial charge < -0.3 is 15.0 Å². The molecular weight excluding hydrogens is 481 g/mol. The van der Waals surface area contributed by atoms with E-state index in [4.69, 9.17) is 16.3 Å². The van der Waals surface area contributed by atoms with E-state index in [1.54, 1.807) is 0 Å². The number of piperidine rings is 1. The topological polar surface area (TPSA) is 91.1 Å². The van der Waals surface area contributed by atoms with Gasteiger partial charge in [-0.3, -0.25) is 4.79 Å². The summed E-state index contributed by atoms with van der Waals surface area (Å²) < 4.78 is 19.3. The molecule has 1 aliphatic heterocycles. The van der Waals surface area contributed by atoms with Crippen LogP contribution in [0.2, 0.25) is 5.02 Å². The van der Waals surface area contributed by atoms with Crippen LogP contribution in [-0.4, -0.2) is 33.4 Å². The molecule has 9 heteroatoms. The van der Waals surface area contributed by atoms with Crippen molar-refractivity contribution in [3.63, 3.8) is 0 Å². The highest BCUT2D eigenvalue weighted by molar-refractivity contribution is 6.30. The summed E-state index contributed by atoms with van der Waals surface area (Å²) in [4.78, 5) is 23.2. The Morgan fingerprint density at radius 1 is 1.33 bits per heavy atom. The van der Waals surface area contributed by atoms with Crippen molar-refractivity contribution < 1.29 is 13.9 Å². The van der Waals surface area contributed by atoms with Crippen LogP contribution < -0.4 is 10.1 Å². The fourth-order valence-corrected chi connectivity index (χ4v) is 4.76. The number of anilines is 1. The largest absolute Gasteiger partial charge is 0.452 e. The molecule has 3 aromatic rings. The molecule has 1 amide bonds. The maximum absolute atomic E-state index is 13.5. The average molecular weight is 504 g/mol. The SMILES string of the molecule is Cc1c(CN2CCC(Nc3ncncc3Oc3ccc(F)c(Cl)c3)CC2=O)ccc2c1C=C(C#N)C2. The second-order valence-corrected chi connectivity index (χ2v) is 9.35. The van der Waals surface area contributed by atoms with E-state index in [9.17, 15) is 14.4 Å². The van der Waals surface area contributed by atoms with Crippen LogP contribution in [0.4, 0.5) is 10.2 Å². The standard InChI is InChI=1S/C27H23ClFN5O2/c1-16-19(3-2-18-8-17(12-30)9-22(16)18)14-34-7-6-20(10-26(34)35)33-27-25(13-31-15-32-27)36-21-4-5-24(29)23(28)11-21/h2-5,9,11,13,15,20H,6-8,10,14H2,1H3,(H,31,32,33). The molecule has 1 fully saturated rings. The highest BCUT2D eigenvalue weighted by Gasteiger charge is 2.28. The minimum Gasteiger partial charge on any atom is -0.452 e. The molecule has 0 bridgehead atoms. The lowest BCUT2D eigenvalue weighted by molar-refractivity contribution is -0.134. The zero-order chi connectivity index (χ0) is 25.2. The quantitative estimate of drug-likeness (QED) is 0.482. The number of likely N-dealkylation sites (tertiary alicyclic amines) is 1. The van der Waals surface area contributed by atoms with E-state index >= 15 is 0 Å². The Morgan fingerprint density at radius 2 is 2.19 bits per heavy atom. The van der Waals surface area contributed by atoms with Gasteiger partial charge in [0.1, 0.15) is 17.9 Å². The Labute approximate surface area is 213 Å². The summed E-state index contributed by atoms with van der Waals surface area (Å²) in [6, 6.07) is 10.3. The van der Waals surface area contributed by atoms with Gasteiger partial charge in [-0.2, -0.15) is 5.26 Å². The normalized spacial score (nSPS) is 16.8. The maximum atomic E-state index is 13.5. The molecular formula is C27H23ClFN5O2. The van der Waals surface area contributed by atoms with Crippen molar-refractivity contribution in [3.05, 3.63) is 81.5 Å². The Morgan fingerprint density at radius 3 is 2.97 bits per heavy atom. The Bertz CT molecular complexity index is 1420. The summed E-state index contributed by atoms with van der Waals surface area (Å²) in [5.41, 5.74) is 5.24. The first-order chi connectivity index (χ1) is 17.4. The van der Waals surface area contributed by atoms with Crippen LogP contribution in [0.15, 0.2) is 48.4 Å².